The van der Waals surface area contributed by atoms with Crippen LogP contribution in [0.4, 0.5) is 0 Å². The van der Waals surface area contributed by atoms with E-state index in [2.05, 4.69) is 359 Å². The van der Waals surface area contributed by atoms with Crippen LogP contribution in [0.1, 0.15) is 0 Å². The van der Waals surface area contributed by atoms with Crippen molar-refractivity contribution in [2.24, 2.45) is 0 Å². The molecule has 0 aliphatic heterocycles. The van der Waals surface area contributed by atoms with Crippen LogP contribution in [0.3, 0.4) is 0 Å². The molecule has 0 N–H and O–H groups in total. The van der Waals surface area contributed by atoms with Gasteiger partial charge in [-0.05, 0) is 194 Å². The molecule has 15 heteroatoms. The highest BCUT2D eigenvalue weighted by Gasteiger charge is 2.27. The van der Waals surface area contributed by atoms with Gasteiger partial charge >= 0.3 is 0 Å². The number of hydrogen-bond donors (Lipinski definition) is 0. The van der Waals surface area contributed by atoms with Gasteiger partial charge in [0.15, 0.2) is 52.4 Å². The van der Waals surface area contributed by atoms with Gasteiger partial charge in [-0.25, -0.2) is 44.9 Å². The SMILES string of the molecule is c1ccc(-c2nc(-c3ccc(-n4c5cccc6oc7ccccc7c7cccc4c7c65)cc3)nc(-c3ccc4ccccc4c3)n2)cc1.c1ccc(-c2nc(-c3ccc4ccccc4c3)nc(-c3ccc(-n4c5cccc6oc7ccccc7c7cccc4c7c65)c4ccccc34)n2)cc1.c1ccc(-c2nc(-c3ccccc3)nc(-c3cccc(-c4cccc(-n5c6cccc7oc8ccccc8c8cccc5c8c76)c4)c3)n2)cc1. The summed E-state index contributed by atoms with van der Waals surface area (Å²) < 4.78 is 26.8. The molecule has 31 rings (SSSR count). The van der Waals surface area contributed by atoms with E-state index in [4.69, 9.17) is 58.1 Å². The molecule has 0 saturated carbocycles. The van der Waals surface area contributed by atoms with Crippen LogP contribution in [0.15, 0.2) is 511 Å². The molecule has 9 heterocycles. The lowest BCUT2D eigenvalue weighted by Crippen LogP contribution is -2.01. The van der Waals surface area contributed by atoms with Gasteiger partial charge in [0.1, 0.15) is 33.5 Å². The molecule has 0 amide bonds. The third-order valence-corrected chi connectivity index (χ3v) is 28.9. The minimum atomic E-state index is 0.629. The maximum Gasteiger partial charge on any atom is 0.164 e. The van der Waals surface area contributed by atoms with Crippen LogP contribution in [0.2, 0.25) is 0 Å². The summed E-state index contributed by atoms with van der Waals surface area (Å²) in [6, 6.07) is 172. The van der Waals surface area contributed by atoms with Crippen LogP contribution >= 0.6 is 0 Å². The monoisotopic (exact) mass is 1920 g/mol. The summed E-state index contributed by atoms with van der Waals surface area (Å²) in [4.78, 5) is 45.0. The molecule has 0 unspecified atom stereocenters. The first-order valence-electron chi connectivity index (χ1n) is 50.2. The highest BCUT2D eigenvalue weighted by Crippen LogP contribution is 2.48. The Balaban J connectivity index is 0.000000106. The van der Waals surface area contributed by atoms with Crippen LogP contribution in [-0.2, 0) is 0 Å². The summed E-state index contributed by atoms with van der Waals surface area (Å²) in [5.74, 6) is 5.75. The highest BCUT2D eigenvalue weighted by atomic mass is 16.3. The summed E-state index contributed by atoms with van der Waals surface area (Å²) in [7, 11) is 0. The van der Waals surface area contributed by atoms with Gasteiger partial charge in [-0.3, -0.25) is 0 Å². The van der Waals surface area contributed by atoms with Crippen LogP contribution in [0.25, 0.3) is 294 Å². The predicted octanol–water partition coefficient (Wildman–Crippen LogP) is 34.7. The summed E-state index contributed by atoms with van der Waals surface area (Å²) in [5.41, 5.74) is 25.8. The average molecular weight is 1920 g/mol. The van der Waals surface area contributed by atoms with Crippen molar-refractivity contribution in [1.29, 1.82) is 0 Å². The predicted molar refractivity (Wildman–Crippen MR) is 611 cm³/mol. The van der Waals surface area contributed by atoms with Crippen LogP contribution in [0.5, 0.6) is 0 Å². The molecule has 15 nitrogen and oxygen atoms in total. The Kier molecular flexibility index (Phi) is 20.6. The minimum absolute atomic E-state index is 0.629. The number of nitrogens with zero attached hydrogens (tertiary/aromatic N) is 12. The fourth-order valence-electron chi connectivity index (χ4n) is 22.0. The molecule has 0 aliphatic rings. The molecule has 22 aromatic carbocycles. The zero-order valence-corrected chi connectivity index (χ0v) is 80.4. The molecule has 0 spiro atoms. The topological polar surface area (TPSA) is 170 Å². The Labute approximate surface area is 857 Å². The smallest absolute Gasteiger partial charge is 0.164 e. The Morgan fingerprint density at radius 2 is 0.413 bits per heavy atom. The lowest BCUT2D eigenvalue weighted by molar-refractivity contribution is 0.663. The molecular formula is C135H82N12O3. The molecule has 0 aliphatic carbocycles. The van der Waals surface area contributed by atoms with E-state index < -0.39 is 0 Å². The second-order valence-corrected chi connectivity index (χ2v) is 37.7. The number of para-hydroxylation sites is 3. The van der Waals surface area contributed by atoms with E-state index in [0.717, 1.165) is 199 Å². The minimum Gasteiger partial charge on any atom is -0.456 e. The molecular weight excluding hydrogens is 1840 g/mol. The molecule has 31 aromatic rings. The van der Waals surface area contributed by atoms with Gasteiger partial charge in [-0.2, -0.15) is 0 Å². The average Bonchev–Trinajstić information content (AvgIpc) is 1.56. The lowest BCUT2D eigenvalue weighted by atomic mass is 10.0. The quantitative estimate of drug-likeness (QED) is 0.107. The summed E-state index contributed by atoms with van der Waals surface area (Å²) >= 11 is 0. The van der Waals surface area contributed by atoms with Gasteiger partial charge in [0, 0.05) is 99.1 Å². The first-order valence-corrected chi connectivity index (χ1v) is 50.2. The number of aromatic nitrogens is 12. The van der Waals surface area contributed by atoms with Gasteiger partial charge in [0.05, 0.1) is 54.9 Å². The Morgan fingerprint density at radius 3 is 0.840 bits per heavy atom. The first-order chi connectivity index (χ1) is 74.3. The van der Waals surface area contributed by atoms with Gasteiger partial charge in [-0.1, -0.05) is 358 Å². The largest absolute Gasteiger partial charge is 0.456 e. The molecule has 0 atom stereocenters. The second kappa shape index (κ2) is 35.8. The lowest BCUT2D eigenvalue weighted by Gasteiger charge is -2.15. The van der Waals surface area contributed by atoms with Gasteiger partial charge in [-0.15, -0.1) is 0 Å². The Bertz CT molecular complexity index is 10800. The van der Waals surface area contributed by atoms with Crippen molar-refractivity contribution in [3.63, 3.8) is 0 Å². The number of benzene rings is 22. The van der Waals surface area contributed by atoms with E-state index in [9.17, 15) is 0 Å². The van der Waals surface area contributed by atoms with Crippen LogP contribution < -0.4 is 0 Å². The van der Waals surface area contributed by atoms with Gasteiger partial charge < -0.3 is 27.0 Å². The highest BCUT2D eigenvalue weighted by molar-refractivity contribution is 6.30. The molecule has 9 aromatic heterocycles. The molecule has 0 radical (unpaired) electrons. The van der Waals surface area contributed by atoms with Crippen molar-refractivity contribution in [1.82, 2.24) is 58.6 Å². The first kappa shape index (κ1) is 86.2. The third kappa shape index (κ3) is 14.8. The van der Waals surface area contributed by atoms with Crippen LogP contribution in [0, 0.1) is 0 Å². The van der Waals surface area contributed by atoms with Crippen molar-refractivity contribution >= 4 is 164 Å². The molecule has 150 heavy (non-hydrogen) atoms. The fraction of sp³-hybridized carbons (Fsp3) is 0. The van der Waals surface area contributed by atoms with Crippen molar-refractivity contribution in [2.75, 3.05) is 0 Å². The molecule has 0 fully saturated rings. The van der Waals surface area contributed by atoms with Crippen molar-refractivity contribution in [2.45, 2.75) is 0 Å². The normalized spacial score (nSPS) is 11.7. The van der Waals surface area contributed by atoms with E-state index in [1.807, 2.05) is 152 Å². The third-order valence-electron chi connectivity index (χ3n) is 28.9. The maximum absolute atomic E-state index is 6.62. The van der Waals surface area contributed by atoms with E-state index in [0.29, 0.717) is 52.4 Å². The van der Waals surface area contributed by atoms with E-state index in [1.54, 1.807) is 0 Å². The summed E-state index contributed by atoms with van der Waals surface area (Å²) in [5, 5.41) is 20.6. The standard InChI is InChI=1S/C47H28N4O.C45H28N4O.C43H26N4O/c1-2-13-30(14-3-1)45-48-46(32-25-24-29-12-4-5-15-31(29)28-32)50-47(49-45)37-26-27-38(34-17-7-6-16-33(34)37)51-39-20-10-19-36-35-18-8-9-22-41(35)52-42-23-11-21-40(51)44(42)43(36)39;1-3-13-29(14-4-1)43-46-44(30-15-5-2-6-16-30)48-45(47-43)33-19-9-17-31(27-33)32-18-10-20-34(28-32)49-37-23-11-22-36-35-21-7-8-25-39(35)50-40-26-12-24-38(49)42(40)41(36)37;1-2-11-28(12-3-1)41-44-42(46-43(45-41)31-21-20-27-10-4-5-13-30(27)26-31)29-22-24-32(25-23-29)47-35-16-8-15-34-33-14-6-7-18-37(33)48-38-19-9-17-36(47)40(38)39(34)35/h1-28H;1-28H;1-26H. The second-order valence-electron chi connectivity index (χ2n) is 37.7. The number of rotatable bonds is 13. The number of hydrogen-bond acceptors (Lipinski definition) is 12. The zero-order valence-electron chi connectivity index (χ0n) is 80.4. The molecule has 0 bridgehead atoms. The molecule has 700 valence electrons. The van der Waals surface area contributed by atoms with Crippen LogP contribution in [-0.4, -0.2) is 58.6 Å². The maximum atomic E-state index is 6.62. The summed E-state index contributed by atoms with van der Waals surface area (Å²) in [6.07, 6.45) is 0. The molecule has 0 saturated heterocycles. The van der Waals surface area contributed by atoms with E-state index >= 15 is 0 Å². The fourth-order valence-corrected chi connectivity index (χ4v) is 22.0. The van der Waals surface area contributed by atoms with Gasteiger partial charge in [0.25, 0.3) is 0 Å². The summed E-state index contributed by atoms with van der Waals surface area (Å²) in [6.45, 7) is 0. The zero-order chi connectivity index (χ0) is 98.8. The van der Waals surface area contributed by atoms with Crippen molar-refractivity contribution in [3.8, 4) is 131 Å². The van der Waals surface area contributed by atoms with Crippen molar-refractivity contribution < 1.29 is 13.3 Å². The van der Waals surface area contributed by atoms with E-state index in [1.165, 1.54) is 43.1 Å². The van der Waals surface area contributed by atoms with Gasteiger partial charge in [0.2, 0.25) is 0 Å². The Hall–Kier alpha value is -20.6. The van der Waals surface area contributed by atoms with E-state index in [-0.39, 0.29) is 0 Å². The number of fused-ring (bicyclic) bond motifs is 9. The van der Waals surface area contributed by atoms with Crippen molar-refractivity contribution in [3.05, 3.63) is 497 Å². The Morgan fingerprint density at radius 1 is 0.140 bits per heavy atom.